The first-order chi connectivity index (χ1) is 9.47. The van der Waals surface area contributed by atoms with Crippen LogP contribution in [0.5, 0.6) is 0 Å². The predicted molar refractivity (Wildman–Crippen MR) is 78.1 cm³/mol. The molecule has 4 nitrogen and oxygen atoms in total. The lowest BCUT2D eigenvalue weighted by atomic mass is 10.2. The minimum absolute atomic E-state index is 0.0582. The van der Waals surface area contributed by atoms with E-state index in [4.69, 9.17) is 0 Å². The number of carbonyl (C=O) groups is 1. The molecule has 0 saturated heterocycles. The quantitative estimate of drug-likeness (QED) is 0.941. The van der Waals surface area contributed by atoms with E-state index in [1.807, 2.05) is 0 Å². The van der Waals surface area contributed by atoms with Crippen molar-refractivity contribution in [2.45, 2.75) is 17.6 Å². The van der Waals surface area contributed by atoms with Crippen molar-refractivity contribution in [2.75, 3.05) is 5.32 Å². The molecule has 0 fully saturated rings. The first-order valence-corrected chi connectivity index (χ1v) is 7.77. The molecule has 5 heteroatoms. The van der Waals surface area contributed by atoms with Crippen LogP contribution in [0.1, 0.15) is 12.5 Å². The van der Waals surface area contributed by atoms with E-state index in [1.165, 1.54) is 6.92 Å². The predicted octanol–water partition coefficient (Wildman–Crippen LogP) is 2.62. The van der Waals surface area contributed by atoms with Gasteiger partial charge in [0.1, 0.15) is 0 Å². The maximum Gasteiger partial charge on any atom is 0.221 e. The van der Waals surface area contributed by atoms with Crippen molar-refractivity contribution < 1.29 is 13.2 Å². The van der Waals surface area contributed by atoms with Gasteiger partial charge in [0.25, 0.3) is 0 Å². The summed E-state index contributed by atoms with van der Waals surface area (Å²) in [6, 6.07) is 15.1. The van der Waals surface area contributed by atoms with E-state index >= 15 is 0 Å². The van der Waals surface area contributed by atoms with Gasteiger partial charge in [0.15, 0.2) is 9.84 Å². The zero-order valence-corrected chi connectivity index (χ0v) is 11.9. The summed E-state index contributed by atoms with van der Waals surface area (Å²) in [4.78, 5) is 11.2. The summed E-state index contributed by atoms with van der Waals surface area (Å²) in [7, 11) is -3.34. The molecule has 2 aromatic carbocycles. The van der Waals surface area contributed by atoms with E-state index in [1.54, 1.807) is 54.6 Å². The van der Waals surface area contributed by atoms with Crippen molar-refractivity contribution in [1.82, 2.24) is 0 Å². The van der Waals surface area contributed by atoms with Crippen molar-refractivity contribution in [1.29, 1.82) is 0 Å². The van der Waals surface area contributed by atoms with E-state index in [9.17, 15) is 13.2 Å². The minimum atomic E-state index is -3.34. The summed E-state index contributed by atoms with van der Waals surface area (Å²) in [5.41, 5.74) is 1.33. The van der Waals surface area contributed by atoms with E-state index in [0.717, 1.165) is 0 Å². The van der Waals surface area contributed by atoms with Crippen LogP contribution < -0.4 is 5.32 Å². The highest BCUT2D eigenvalue weighted by molar-refractivity contribution is 7.90. The highest BCUT2D eigenvalue weighted by atomic mass is 32.2. The number of carbonyl (C=O) groups excluding carboxylic acids is 1. The van der Waals surface area contributed by atoms with E-state index < -0.39 is 9.84 Å². The molecule has 0 aliphatic carbocycles. The highest BCUT2D eigenvalue weighted by Gasteiger charge is 2.14. The third kappa shape index (κ3) is 3.68. The van der Waals surface area contributed by atoms with Crippen LogP contribution in [0.4, 0.5) is 5.69 Å². The molecule has 1 amide bonds. The van der Waals surface area contributed by atoms with Crippen LogP contribution in [-0.2, 0) is 20.4 Å². The molecule has 0 bridgehead atoms. The molecule has 0 aliphatic heterocycles. The van der Waals surface area contributed by atoms with Gasteiger partial charge in [-0.3, -0.25) is 4.79 Å². The first-order valence-electron chi connectivity index (χ1n) is 6.12. The van der Waals surface area contributed by atoms with Crippen LogP contribution in [0.3, 0.4) is 0 Å². The van der Waals surface area contributed by atoms with Gasteiger partial charge < -0.3 is 5.32 Å². The molecular weight excluding hydrogens is 274 g/mol. The average Bonchev–Trinajstić information content (AvgIpc) is 2.41. The fourth-order valence-electron chi connectivity index (χ4n) is 1.82. The summed E-state index contributed by atoms with van der Waals surface area (Å²) in [6.07, 6.45) is 0. The Kier molecular flexibility index (Phi) is 4.20. The second-order valence-corrected chi connectivity index (χ2v) is 6.44. The monoisotopic (exact) mass is 289 g/mol. The van der Waals surface area contributed by atoms with E-state index in [0.29, 0.717) is 16.1 Å². The molecule has 2 rings (SSSR count). The van der Waals surface area contributed by atoms with Gasteiger partial charge in [-0.25, -0.2) is 8.42 Å². The molecule has 2 aromatic rings. The first kappa shape index (κ1) is 14.3. The van der Waals surface area contributed by atoms with Gasteiger partial charge >= 0.3 is 0 Å². The van der Waals surface area contributed by atoms with Gasteiger partial charge in [-0.2, -0.15) is 0 Å². The Bertz CT molecular complexity index is 692. The molecule has 0 radical (unpaired) electrons. The number of anilines is 1. The fourth-order valence-corrected chi connectivity index (χ4v) is 3.19. The van der Waals surface area contributed by atoms with E-state index in [-0.39, 0.29) is 11.7 Å². The molecule has 104 valence electrons. The average molecular weight is 289 g/mol. The zero-order chi connectivity index (χ0) is 14.6. The van der Waals surface area contributed by atoms with Gasteiger partial charge in [0, 0.05) is 12.6 Å². The lowest BCUT2D eigenvalue weighted by Gasteiger charge is -2.06. The van der Waals surface area contributed by atoms with Crippen molar-refractivity contribution in [2.24, 2.45) is 0 Å². The topological polar surface area (TPSA) is 63.2 Å². The van der Waals surface area contributed by atoms with Crippen molar-refractivity contribution >= 4 is 21.4 Å². The summed E-state index contributed by atoms with van der Waals surface area (Å²) >= 11 is 0. The number of nitrogens with one attached hydrogen (secondary N) is 1. The van der Waals surface area contributed by atoms with Gasteiger partial charge in [-0.15, -0.1) is 0 Å². The van der Waals surface area contributed by atoms with Crippen LogP contribution in [0.15, 0.2) is 59.5 Å². The van der Waals surface area contributed by atoms with E-state index in [2.05, 4.69) is 5.32 Å². The number of benzene rings is 2. The number of hydrogen-bond donors (Lipinski definition) is 1. The van der Waals surface area contributed by atoms with Crippen LogP contribution in [0.2, 0.25) is 0 Å². The Labute approximate surface area is 118 Å². The van der Waals surface area contributed by atoms with Crippen LogP contribution in [-0.4, -0.2) is 14.3 Å². The highest BCUT2D eigenvalue weighted by Crippen LogP contribution is 2.17. The van der Waals surface area contributed by atoms with Crippen LogP contribution in [0, 0.1) is 0 Å². The lowest BCUT2D eigenvalue weighted by Crippen LogP contribution is -2.07. The number of rotatable bonds is 4. The summed E-state index contributed by atoms with van der Waals surface area (Å²) < 4.78 is 24.4. The largest absolute Gasteiger partial charge is 0.326 e. The van der Waals surface area contributed by atoms with Crippen molar-refractivity contribution in [3.8, 4) is 0 Å². The molecular formula is C15H15NO3S. The van der Waals surface area contributed by atoms with Gasteiger partial charge in [-0.1, -0.05) is 30.3 Å². The summed E-state index contributed by atoms with van der Waals surface area (Å²) in [5, 5.41) is 2.64. The number of sulfone groups is 1. The normalized spacial score (nSPS) is 11.1. The molecule has 0 unspecified atom stereocenters. The summed E-state index contributed by atoms with van der Waals surface area (Å²) in [5.74, 6) is -0.216. The van der Waals surface area contributed by atoms with Gasteiger partial charge in [-0.05, 0) is 29.8 Å². The molecule has 0 aromatic heterocycles. The SMILES string of the molecule is CC(=O)Nc1ccc(CS(=O)(=O)c2ccccc2)cc1. The molecule has 0 aliphatic rings. The van der Waals surface area contributed by atoms with Crippen LogP contribution in [0.25, 0.3) is 0 Å². The Morgan fingerprint density at radius 1 is 1.00 bits per heavy atom. The standard InChI is InChI=1S/C15H15NO3S/c1-12(17)16-14-9-7-13(8-10-14)11-20(18,19)15-5-3-2-4-6-15/h2-10H,11H2,1H3,(H,16,17). The van der Waals surface area contributed by atoms with Gasteiger partial charge in [0.05, 0.1) is 10.6 Å². The Morgan fingerprint density at radius 3 is 2.15 bits per heavy atom. The summed E-state index contributed by atoms with van der Waals surface area (Å²) in [6.45, 7) is 1.42. The van der Waals surface area contributed by atoms with Crippen molar-refractivity contribution in [3.63, 3.8) is 0 Å². The van der Waals surface area contributed by atoms with Crippen molar-refractivity contribution in [3.05, 3.63) is 60.2 Å². The Morgan fingerprint density at radius 2 is 1.60 bits per heavy atom. The molecule has 0 atom stereocenters. The molecule has 20 heavy (non-hydrogen) atoms. The number of amides is 1. The minimum Gasteiger partial charge on any atom is -0.326 e. The smallest absolute Gasteiger partial charge is 0.221 e. The third-order valence-electron chi connectivity index (χ3n) is 2.73. The van der Waals surface area contributed by atoms with Crippen LogP contribution >= 0.6 is 0 Å². The molecule has 0 heterocycles. The maximum atomic E-state index is 12.2. The maximum absolute atomic E-state index is 12.2. The second kappa shape index (κ2) is 5.88. The Balaban J connectivity index is 2.16. The molecule has 1 N–H and O–H groups in total. The Hall–Kier alpha value is -2.14. The zero-order valence-electron chi connectivity index (χ0n) is 11.0. The fraction of sp³-hybridized carbons (Fsp3) is 0.133. The number of hydrogen-bond acceptors (Lipinski definition) is 3. The lowest BCUT2D eigenvalue weighted by molar-refractivity contribution is -0.114. The third-order valence-corrected chi connectivity index (χ3v) is 4.44. The van der Waals surface area contributed by atoms with Gasteiger partial charge in [0.2, 0.25) is 5.91 Å². The molecule has 0 spiro atoms. The molecule has 0 saturated carbocycles. The second-order valence-electron chi connectivity index (χ2n) is 4.45.